The Balaban J connectivity index is 2.69. The summed E-state index contributed by atoms with van der Waals surface area (Å²) in [6, 6.07) is 7.20. The predicted octanol–water partition coefficient (Wildman–Crippen LogP) is 2.50. The van der Waals surface area contributed by atoms with Crippen LogP contribution in [0.1, 0.15) is 5.56 Å². The van der Waals surface area contributed by atoms with Crippen molar-refractivity contribution in [2.75, 3.05) is 7.11 Å². The number of carbonyl (C=O) groups excluding carboxylic acids is 1. The van der Waals surface area contributed by atoms with Crippen LogP contribution in [0.25, 0.3) is 0 Å². The van der Waals surface area contributed by atoms with Crippen molar-refractivity contribution in [3.8, 4) is 0 Å². The average Bonchev–Trinajstić information content (AvgIpc) is 2.20. The summed E-state index contributed by atoms with van der Waals surface area (Å²) in [4.78, 5) is 10.8. The Morgan fingerprint density at radius 3 is 2.79 bits per heavy atom. The van der Waals surface area contributed by atoms with Crippen molar-refractivity contribution >= 4 is 21.9 Å². The monoisotopic (exact) mass is 260 g/mol. The third-order valence-corrected chi connectivity index (χ3v) is 2.59. The molecule has 0 amide bonds. The van der Waals surface area contributed by atoms with Gasteiger partial charge in [-0.2, -0.15) is 0 Å². The fraction of sp³-hybridized carbons (Fsp3) is 0.300. The fourth-order valence-corrected chi connectivity index (χ4v) is 1.51. The van der Waals surface area contributed by atoms with E-state index in [2.05, 4.69) is 20.7 Å². The highest BCUT2D eigenvalue weighted by molar-refractivity contribution is 9.10. The van der Waals surface area contributed by atoms with Crippen LogP contribution in [0, 0.1) is 0 Å². The molecule has 0 bridgehead atoms. The van der Waals surface area contributed by atoms with E-state index in [1.165, 1.54) is 7.11 Å². The summed E-state index contributed by atoms with van der Waals surface area (Å²) in [5, 5.41) is 0. The fourth-order valence-electron chi connectivity index (χ4n) is 1.07. The first-order valence-electron chi connectivity index (χ1n) is 4.10. The summed E-state index contributed by atoms with van der Waals surface area (Å²) in [6.07, 6.45) is -1.56. The van der Waals surface area contributed by atoms with E-state index in [0.29, 0.717) is 0 Å². The quantitative estimate of drug-likeness (QED) is 0.781. The molecule has 4 heteroatoms. The molecule has 0 saturated heterocycles. The van der Waals surface area contributed by atoms with Gasteiger partial charge in [0.05, 0.1) is 7.11 Å². The molecule has 0 N–H and O–H groups in total. The zero-order chi connectivity index (χ0) is 10.6. The Morgan fingerprint density at radius 2 is 2.21 bits per heavy atom. The van der Waals surface area contributed by atoms with Crippen molar-refractivity contribution in [1.82, 2.24) is 0 Å². The first-order valence-corrected chi connectivity index (χ1v) is 4.89. The van der Waals surface area contributed by atoms with Gasteiger partial charge in [-0.3, -0.25) is 0 Å². The van der Waals surface area contributed by atoms with E-state index in [0.717, 1.165) is 10.0 Å². The molecule has 76 valence electrons. The molecule has 1 aromatic carbocycles. The molecule has 0 spiro atoms. The van der Waals surface area contributed by atoms with Gasteiger partial charge in [-0.25, -0.2) is 9.18 Å². The lowest BCUT2D eigenvalue weighted by atomic mass is 10.1. The van der Waals surface area contributed by atoms with Gasteiger partial charge >= 0.3 is 5.97 Å². The maximum atomic E-state index is 13.2. The third kappa shape index (κ3) is 2.80. The molecule has 2 nitrogen and oxygen atoms in total. The molecule has 1 atom stereocenters. The third-order valence-electron chi connectivity index (χ3n) is 1.81. The average molecular weight is 261 g/mol. The summed E-state index contributed by atoms with van der Waals surface area (Å²) < 4.78 is 18.3. The number of carbonyl (C=O) groups is 1. The zero-order valence-electron chi connectivity index (χ0n) is 7.67. The lowest BCUT2D eigenvalue weighted by molar-refractivity contribution is -0.146. The molecular weight excluding hydrogens is 251 g/mol. The molecule has 14 heavy (non-hydrogen) atoms. The standard InChI is InChI=1S/C10H10BrFO2/c1-14-10(13)9(12)6-7-4-2-3-5-8(7)11/h2-5,9H,6H2,1H3. The highest BCUT2D eigenvalue weighted by atomic mass is 79.9. The normalized spacial score (nSPS) is 12.2. The Morgan fingerprint density at radius 1 is 1.57 bits per heavy atom. The second-order valence-corrected chi connectivity index (χ2v) is 3.64. The molecule has 0 aliphatic rings. The van der Waals surface area contributed by atoms with Gasteiger partial charge < -0.3 is 4.74 Å². The smallest absolute Gasteiger partial charge is 0.340 e. The van der Waals surface area contributed by atoms with Crippen LogP contribution >= 0.6 is 15.9 Å². The first-order chi connectivity index (χ1) is 6.65. The molecule has 1 rings (SSSR count). The van der Waals surface area contributed by atoms with Crippen LogP contribution in [0.15, 0.2) is 28.7 Å². The maximum Gasteiger partial charge on any atom is 0.340 e. The molecule has 1 unspecified atom stereocenters. The second kappa shape index (κ2) is 5.10. The van der Waals surface area contributed by atoms with E-state index in [9.17, 15) is 9.18 Å². The highest BCUT2D eigenvalue weighted by Crippen LogP contribution is 2.18. The van der Waals surface area contributed by atoms with Crippen LogP contribution in [-0.2, 0) is 16.0 Å². The number of esters is 1. The maximum absolute atomic E-state index is 13.2. The first kappa shape index (κ1) is 11.2. The van der Waals surface area contributed by atoms with Crippen LogP contribution in [0.4, 0.5) is 4.39 Å². The van der Waals surface area contributed by atoms with Gasteiger partial charge in [0, 0.05) is 10.9 Å². The van der Waals surface area contributed by atoms with Crippen LogP contribution in [0.2, 0.25) is 0 Å². The van der Waals surface area contributed by atoms with E-state index in [4.69, 9.17) is 0 Å². The topological polar surface area (TPSA) is 26.3 Å². The molecule has 0 aromatic heterocycles. The number of hydrogen-bond donors (Lipinski definition) is 0. The number of methoxy groups -OCH3 is 1. The van der Waals surface area contributed by atoms with E-state index >= 15 is 0 Å². The summed E-state index contributed by atoms with van der Waals surface area (Å²) in [7, 11) is 1.18. The van der Waals surface area contributed by atoms with Crippen molar-refractivity contribution in [3.05, 3.63) is 34.3 Å². The minimum Gasteiger partial charge on any atom is -0.467 e. The molecule has 0 saturated carbocycles. The van der Waals surface area contributed by atoms with Gasteiger partial charge in [0.15, 0.2) is 0 Å². The molecule has 0 radical (unpaired) electrons. The van der Waals surface area contributed by atoms with Crippen LogP contribution in [-0.4, -0.2) is 19.3 Å². The molecular formula is C10H10BrFO2. The van der Waals surface area contributed by atoms with Crippen molar-refractivity contribution < 1.29 is 13.9 Å². The Hall–Kier alpha value is -0.900. The Labute approximate surface area is 90.2 Å². The predicted molar refractivity (Wildman–Crippen MR) is 54.8 cm³/mol. The molecule has 0 aliphatic heterocycles. The van der Waals surface area contributed by atoms with E-state index in [1.54, 1.807) is 18.2 Å². The van der Waals surface area contributed by atoms with Gasteiger partial charge in [-0.05, 0) is 11.6 Å². The largest absolute Gasteiger partial charge is 0.467 e. The number of alkyl halides is 1. The number of halogens is 2. The highest BCUT2D eigenvalue weighted by Gasteiger charge is 2.18. The Bertz CT molecular complexity index is 328. The van der Waals surface area contributed by atoms with E-state index in [1.807, 2.05) is 6.07 Å². The summed E-state index contributed by atoms with van der Waals surface area (Å²) in [5.74, 6) is -0.833. The summed E-state index contributed by atoms with van der Waals surface area (Å²) >= 11 is 3.28. The Kier molecular flexibility index (Phi) is 4.07. The van der Waals surface area contributed by atoms with Crippen LogP contribution < -0.4 is 0 Å². The van der Waals surface area contributed by atoms with Crippen molar-refractivity contribution in [2.45, 2.75) is 12.6 Å². The van der Waals surface area contributed by atoms with Crippen molar-refractivity contribution in [3.63, 3.8) is 0 Å². The lowest BCUT2D eigenvalue weighted by Gasteiger charge is -2.07. The van der Waals surface area contributed by atoms with Crippen LogP contribution in [0.5, 0.6) is 0 Å². The van der Waals surface area contributed by atoms with Gasteiger partial charge in [0.1, 0.15) is 0 Å². The minimum absolute atomic E-state index is 0.0358. The van der Waals surface area contributed by atoms with Crippen molar-refractivity contribution in [2.24, 2.45) is 0 Å². The van der Waals surface area contributed by atoms with Gasteiger partial charge in [-0.15, -0.1) is 0 Å². The van der Waals surface area contributed by atoms with Gasteiger partial charge in [0.2, 0.25) is 6.17 Å². The van der Waals surface area contributed by atoms with Crippen LogP contribution in [0.3, 0.4) is 0 Å². The molecule has 0 aliphatic carbocycles. The molecule has 0 fully saturated rings. The molecule has 1 aromatic rings. The SMILES string of the molecule is COC(=O)C(F)Cc1ccccc1Br. The van der Waals surface area contributed by atoms with E-state index in [-0.39, 0.29) is 6.42 Å². The van der Waals surface area contributed by atoms with Crippen molar-refractivity contribution in [1.29, 1.82) is 0 Å². The summed E-state index contributed by atoms with van der Waals surface area (Å²) in [5.41, 5.74) is 0.755. The number of benzene rings is 1. The number of ether oxygens (including phenoxy) is 1. The second-order valence-electron chi connectivity index (χ2n) is 2.79. The minimum atomic E-state index is -1.60. The van der Waals surface area contributed by atoms with Gasteiger partial charge in [0.25, 0.3) is 0 Å². The lowest BCUT2D eigenvalue weighted by Crippen LogP contribution is -2.19. The molecule has 0 heterocycles. The summed E-state index contributed by atoms with van der Waals surface area (Å²) in [6.45, 7) is 0. The van der Waals surface area contributed by atoms with E-state index < -0.39 is 12.1 Å². The zero-order valence-corrected chi connectivity index (χ0v) is 9.25. The van der Waals surface area contributed by atoms with Gasteiger partial charge in [-0.1, -0.05) is 34.1 Å². The number of rotatable bonds is 3. The number of hydrogen-bond acceptors (Lipinski definition) is 2.